The van der Waals surface area contributed by atoms with Crippen molar-refractivity contribution in [2.24, 2.45) is 17.7 Å². The first kappa shape index (κ1) is 14.9. The normalized spacial score (nSPS) is 25.2. The molecule has 3 unspecified atom stereocenters. The molecule has 0 spiro atoms. The summed E-state index contributed by atoms with van der Waals surface area (Å²) in [5.74, 6) is 7.37. The average Bonchev–Trinajstić information content (AvgIpc) is 2.49. The highest BCUT2D eigenvalue weighted by Gasteiger charge is 2.31. The molecule has 2 rings (SSSR count). The van der Waals surface area contributed by atoms with Crippen LogP contribution in [-0.2, 0) is 0 Å². The molecule has 3 N–H and O–H groups in total. The third-order valence-electron chi connectivity index (χ3n) is 4.57. The van der Waals surface area contributed by atoms with Crippen molar-refractivity contribution >= 4 is 11.8 Å². The molecule has 3 heteroatoms. The van der Waals surface area contributed by atoms with Crippen molar-refractivity contribution in [3.63, 3.8) is 0 Å². The standard InChI is InChI=1S/C16H26N2S/c1-3-12-6-4-5-7-15(12)16(18-17)13-8-10-14(19-2)11-9-13/h8-12,15-16,18H,3-7,17H2,1-2H3. The number of nitrogens with one attached hydrogen (secondary N) is 1. The van der Waals surface area contributed by atoms with E-state index in [4.69, 9.17) is 5.84 Å². The zero-order chi connectivity index (χ0) is 13.7. The van der Waals surface area contributed by atoms with Gasteiger partial charge >= 0.3 is 0 Å². The summed E-state index contributed by atoms with van der Waals surface area (Å²) in [7, 11) is 0. The molecular formula is C16H26N2S. The fraction of sp³-hybridized carbons (Fsp3) is 0.625. The highest BCUT2D eigenvalue weighted by molar-refractivity contribution is 7.98. The minimum atomic E-state index is 0.307. The van der Waals surface area contributed by atoms with Gasteiger partial charge in [-0.2, -0.15) is 0 Å². The predicted octanol–water partition coefficient (Wildman–Crippen LogP) is 4.13. The van der Waals surface area contributed by atoms with Crippen LogP contribution in [0.3, 0.4) is 0 Å². The van der Waals surface area contributed by atoms with Crippen LogP contribution >= 0.6 is 11.8 Å². The molecule has 19 heavy (non-hydrogen) atoms. The van der Waals surface area contributed by atoms with Crippen LogP contribution in [0.2, 0.25) is 0 Å². The third-order valence-corrected chi connectivity index (χ3v) is 5.32. The lowest BCUT2D eigenvalue weighted by atomic mass is 9.72. The summed E-state index contributed by atoms with van der Waals surface area (Å²) < 4.78 is 0. The van der Waals surface area contributed by atoms with Crippen molar-refractivity contribution in [3.8, 4) is 0 Å². The van der Waals surface area contributed by atoms with Crippen LogP contribution in [0.25, 0.3) is 0 Å². The van der Waals surface area contributed by atoms with Gasteiger partial charge in [0.05, 0.1) is 0 Å². The Labute approximate surface area is 121 Å². The number of hydrazine groups is 1. The SMILES string of the molecule is CCC1CCCCC1C(NN)c1ccc(SC)cc1. The van der Waals surface area contributed by atoms with E-state index in [1.165, 1.54) is 42.6 Å². The van der Waals surface area contributed by atoms with E-state index < -0.39 is 0 Å². The van der Waals surface area contributed by atoms with Crippen LogP contribution in [0.4, 0.5) is 0 Å². The second-order valence-corrected chi connectivity index (χ2v) is 6.41. The molecule has 1 fully saturated rings. The Bertz CT molecular complexity index is 377. The lowest BCUT2D eigenvalue weighted by Gasteiger charge is -2.36. The molecule has 2 nitrogen and oxygen atoms in total. The van der Waals surface area contributed by atoms with E-state index in [0.29, 0.717) is 12.0 Å². The van der Waals surface area contributed by atoms with Gasteiger partial charge in [-0.25, -0.2) is 0 Å². The second kappa shape index (κ2) is 7.32. The first-order valence-corrected chi connectivity index (χ1v) is 8.62. The molecular weight excluding hydrogens is 252 g/mol. The maximum Gasteiger partial charge on any atom is 0.0490 e. The molecule has 0 amide bonds. The fourth-order valence-electron chi connectivity index (χ4n) is 3.46. The Morgan fingerprint density at radius 1 is 1.26 bits per heavy atom. The molecule has 0 bridgehead atoms. The molecule has 1 aliphatic carbocycles. The van der Waals surface area contributed by atoms with Crippen molar-refractivity contribution < 1.29 is 0 Å². The van der Waals surface area contributed by atoms with Crippen LogP contribution in [0.5, 0.6) is 0 Å². The van der Waals surface area contributed by atoms with Gasteiger partial charge < -0.3 is 0 Å². The van der Waals surface area contributed by atoms with E-state index in [1.807, 2.05) is 0 Å². The molecule has 0 heterocycles. The van der Waals surface area contributed by atoms with Crippen molar-refractivity contribution in [1.82, 2.24) is 5.43 Å². The second-order valence-electron chi connectivity index (χ2n) is 5.53. The molecule has 1 aromatic rings. The molecule has 0 aliphatic heterocycles. The van der Waals surface area contributed by atoms with E-state index >= 15 is 0 Å². The molecule has 0 aromatic heterocycles. The maximum atomic E-state index is 5.87. The van der Waals surface area contributed by atoms with Crippen LogP contribution in [0, 0.1) is 11.8 Å². The highest BCUT2D eigenvalue weighted by atomic mass is 32.2. The van der Waals surface area contributed by atoms with E-state index in [-0.39, 0.29) is 0 Å². The van der Waals surface area contributed by atoms with Crippen molar-refractivity contribution in [1.29, 1.82) is 0 Å². The summed E-state index contributed by atoms with van der Waals surface area (Å²) in [6.07, 6.45) is 8.79. The molecule has 3 atom stereocenters. The number of hydrogen-bond donors (Lipinski definition) is 2. The summed E-state index contributed by atoms with van der Waals surface area (Å²) in [5.41, 5.74) is 4.42. The zero-order valence-electron chi connectivity index (χ0n) is 12.1. The molecule has 1 aromatic carbocycles. The van der Waals surface area contributed by atoms with Gasteiger partial charge in [0.25, 0.3) is 0 Å². The van der Waals surface area contributed by atoms with Crippen molar-refractivity contribution in [2.45, 2.75) is 50.0 Å². The van der Waals surface area contributed by atoms with Gasteiger partial charge in [-0.1, -0.05) is 44.7 Å². The topological polar surface area (TPSA) is 38.0 Å². The zero-order valence-corrected chi connectivity index (χ0v) is 12.9. The monoisotopic (exact) mass is 278 g/mol. The summed E-state index contributed by atoms with van der Waals surface area (Å²) in [5, 5.41) is 0. The Balaban J connectivity index is 2.17. The van der Waals surface area contributed by atoms with Crippen LogP contribution in [0.15, 0.2) is 29.2 Å². The average molecular weight is 278 g/mol. The summed E-state index contributed by atoms with van der Waals surface area (Å²) in [4.78, 5) is 1.32. The molecule has 0 radical (unpaired) electrons. The van der Waals surface area contributed by atoms with E-state index in [9.17, 15) is 0 Å². The molecule has 0 saturated heterocycles. The Kier molecular flexibility index (Phi) is 5.74. The highest BCUT2D eigenvalue weighted by Crippen LogP contribution is 2.40. The molecule has 1 aliphatic rings. The predicted molar refractivity (Wildman–Crippen MR) is 84.0 cm³/mol. The van der Waals surface area contributed by atoms with Crippen LogP contribution in [-0.4, -0.2) is 6.26 Å². The van der Waals surface area contributed by atoms with E-state index in [2.05, 4.69) is 42.9 Å². The Morgan fingerprint density at radius 3 is 2.53 bits per heavy atom. The lowest BCUT2D eigenvalue weighted by Crippen LogP contribution is -2.38. The minimum absolute atomic E-state index is 0.307. The Hall–Kier alpha value is -0.510. The van der Waals surface area contributed by atoms with Crippen molar-refractivity contribution in [3.05, 3.63) is 29.8 Å². The van der Waals surface area contributed by atoms with Gasteiger partial charge in [0.2, 0.25) is 0 Å². The summed E-state index contributed by atoms with van der Waals surface area (Å²) in [6, 6.07) is 9.18. The quantitative estimate of drug-likeness (QED) is 0.483. The number of thioether (sulfide) groups is 1. The summed E-state index contributed by atoms with van der Waals surface area (Å²) >= 11 is 1.79. The van der Waals surface area contributed by atoms with E-state index in [1.54, 1.807) is 11.8 Å². The third kappa shape index (κ3) is 3.53. The number of hydrogen-bond acceptors (Lipinski definition) is 3. The summed E-state index contributed by atoms with van der Waals surface area (Å²) in [6.45, 7) is 2.31. The Morgan fingerprint density at radius 2 is 1.95 bits per heavy atom. The number of benzene rings is 1. The van der Waals surface area contributed by atoms with Crippen LogP contribution < -0.4 is 11.3 Å². The van der Waals surface area contributed by atoms with Crippen LogP contribution in [0.1, 0.15) is 50.6 Å². The van der Waals surface area contributed by atoms with Gasteiger partial charge in [0, 0.05) is 10.9 Å². The van der Waals surface area contributed by atoms with Crippen molar-refractivity contribution in [2.75, 3.05) is 6.26 Å². The van der Waals surface area contributed by atoms with E-state index in [0.717, 1.165) is 5.92 Å². The first-order valence-electron chi connectivity index (χ1n) is 7.40. The number of rotatable bonds is 5. The smallest absolute Gasteiger partial charge is 0.0490 e. The first-order chi connectivity index (χ1) is 9.30. The largest absolute Gasteiger partial charge is 0.271 e. The number of nitrogens with two attached hydrogens (primary N) is 1. The van der Waals surface area contributed by atoms with Gasteiger partial charge in [-0.15, -0.1) is 11.8 Å². The van der Waals surface area contributed by atoms with Gasteiger partial charge in [-0.3, -0.25) is 11.3 Å². The lowest BCUT2D eigenvalue weighted by molar-refractivity contribution is 0.176. The molecule has 1 saturated carbocycles. The van der Waals surface area contributed by atoms with Gasteiger partial charge in [0.1, 0.15) is 0 Å². The maximum absolute atomic E-state index is 5.87. The van der Waals surface area contributed by atoms with Gasteiger partial charge in [0.15, 0.2) is 0 Å². The molecule has 106 valence electrons. The minimum Gasteiger partial charge on any atom is -0.271 e. The fourth-order valence-corrected chi connectivity index (χ4v) is 3.87. The van der Waals surface area contributed by atoms with Gasteiger partial charge in [-0.05, 0) is 42.2 Å².